The number of hydrogen-bond donors (Lipinski definition) is 1. The van der Waals surface area contributed by atoms with Crippen LogP contribution in [0.1, 0.15) is 27.7 Å². The van der Waals surface area contributed by atoms with Gasteiger partial charge in [0.25, 0.3) is 0 Å². The van der Waals surface area contributed by atoms with Gasteiger partial charge in [0.2, 0.25) is 0 Å². The van der Waals surface area contributed by atoms with Crippen LogP contribution in [0.25, 0.3) is 5.82 Å². The smallest absolute Gasteiger partial charge is 0.398 e. The fourth-order valence-corrected chi connectivity index (χ4v) is 2.13. The highest BCUT2D eigenvalue weighted by atomic mass is 16.7. The van der Waals surface area contributed by atoms with E-state index in [2.05, 4.69) is 9.97 Å². The van der Waals surface area contributed by atoms with Crippen LogP contribution in [0.2, 0.25) is 0 Å². The number of aromatic nitrogens is 3. The molecule has 6 nitrogen and oxygen atoms in total. The van der Waals surface area contributed by atoms with Crippen molar-refractivity contribution in [1.82, 2.24) is 14.5 Å². The number of pyridine rings is 1. The van der Waals surface area contributed by atoms with Crippen molar-refractivity contribution in [2.24, 2.45) is 0 Å². The minimum Gasteiger partial charge on any atom is -0.398 e. The third-order valence-electron chi connectivity index (χ3n) is 4.12. The first-order valence-corrected chi connectivity index (χ1v) is 6.91. The van der Waals surface area contributed by atoms with Crippen LogP contribution in [-0.2, 0) is 9.31 Å². The average molecular weight is 286 g/mol. The number of hydrogen-bond acceptors (Lipinski definition) is 5. The predicted molar refractivity (Wildman–Crippen MR) is 81.5 cm³/mol. The topological polar surface area (TPSA) is 75.2 Å². The number of nitrogen functional groups attached to an aromatic ring is 1. The van der Waals surface area contributed by atoms with Crippen molar-refractivity contribution < 1.29 is 9.31 Å². The van der Waals surface area contributed by atoms with E-state index in [0.717, 1.165) is 5.59 Å². The second-order valence-electron chi connectivity index (χ2n) is 6.21. The summed E-state index contributed by atoms with van der Waals surface area (Å²) in [6.45, 7) is 8.07. The third-order valence-corrected chi connectivity index (χ3v) is 4.12. The van der Waals surface area contributed by atoms with E-state index in [1.165, 1.54) is 0 Å². The monoisotopic (exact) mass is 286 g/mol. The van der Waals surface area contributed by atoms with E-state index < -0.39 is 7.12 Å². The Hall–Kier alpha value is -1.86. The Bertz CT molecular complexity index is 652. The van der Waals surface area contributed by atoms with Crippen LogP contribution in [-0.4, -0.2) is 32.9 Å². The molecule has 2 N–H and O–H groups in total. The van der Waals surface area contributed by atoms with Gasteiger partial charge in [-0.05, 0) is 39.8 Å². The highest BCUT2D eigenvalue weighted by Crippen LogP contribution is 2.36. The highest BCUT2D eigenvalue weighted by Gasteiger charge is 2.52. The number of rotatable bonds is 2. The molecule has 21 heavy (non-hydrogen) atoms. The fraction of sp³-hybridized carbons (Fsp3) is 0.429. The van der Waals surface area contributed by atoms with Gasteiger partial charge in [-0.2, -0.15) is 0 Å². The summed E-state index contributed by atoms with van der Waals surface area (Å²) >= 11 is 0. The Balaban J connectivity index is 1.87. The summed E-state index contributed by atoms with van der Waals surface area (Å²) in [4.78, 5) is 8.63. The van der Waals surface area contributed by atoms with Gasteiger partial charge in [-0.3, -0.25) is 4.57 Å². The Morgan fingerprint density at radius 3 is 2.43 bits per heavy atom. The molecule has 0 amide bonds. The van der Waals surface area contributed by atoms with Gasteiger partial charge in [-0.1, -0.05) is 6.07 Å². The molecule has 0 spiro atoms. The van der Waals surface area contributed by atoms with Crippen molar-refractivity contribution in [2.45, 2.75) is 38.9 Å². The standard InChI is InChI=1S/C14H19BN4O2/c1-13(2)14(3,4)21-15(20-13)10-8-19(9-17-10)12-7-5-6-11(16)18-12/h5-9H,1-4H3,(H2,16,18). The van der Waals surface area contributed by atoms with Crippen LogP contribution >= 0.6 is 0 Å². The summed E-state index contributed by atoms with van der Waals surface area (Å²) in [6, 6.07) is 5.47. The number of nitrogens with two attached hydrogens (primary N) is 1. The van der Waals surface area contributed by atoms with E-state index in [0.29, 0.717) is 11.6 Å². The van der Waals surface area contributed by atoms with Gasteiger partial charge in [0, 0.05) is 6.20 Å². The van der Waals surface area contributed by atoms with Gasteiger partial charge >= 0.3 is 7.12 Å². The van der Waals surface area contributed by atoms with Crippen LogP contribution in [0.15, 0.2) is 30.7 Å². The lowest BCUT2D eigenvalue weighted by molar-refractivity contribution is 0.00578. The van der Waals surface area contributed by atoms with Crippen LogP contribution in [0, 0.1) is 0 Å². The lowest BCUT2D eigenvalue weighted by Crippen LogP contribution is -2.41. The molecule has 2 aromatic rings. The van der Waals surface area contributed by atoms with Crippen LogP contribution in [0.4, 0.5) is 5.82 Å². The molecule has 1 aliphatic rings. The number of imidazole rings is 1. The maximum absolute atomic E-state index is 5.98. The third kappa shape index (κ3) is 2.43. The Morgan fingerprint density at radius 1 is 1.14 bits per heavy atom. The fourth-order valence-electron chi connectivity index (χ4n) is 2.13. The van der Waals surface area contributed by atoms with E-state index in [9.17, 15) is 0 Å². The van der Waals surface area contributed by atoms with Gasteiger partial charge < -0.3 is 15.0 Å². The molecule has 7 heteroatoms. The van der Waals surface area contributed by atoms with Gasteiger partial charge in [-0.15, -0.1) is 0 Å². The predicted octanol–water partition coefficient (Wildman–Crippen LogP) is 1.15. The summed E-state index contributed by atoms with van der Waals surface area (Å²) in [5.41, 5.74) is 5.67. The largest absolute Gasteiger partial charge is 0.516 e. The van der Waals surface area contributed by atoms with Crippen LogP contribution in [0.3, 0.4) is 0 Å². The lowest BCUT2D eigenvalue weighted by atomic mass is 9.86. The molecular weight excluding hydrogens is 267 g/mol. The minimum atomic E-state index is -0.475. The highest BCUT2D eigenvalue weighted by molar-refractivity contribution is 6.61. The van der Waals surface area contributed by atoms with Crippen LogP contribution < -0.4 is 11.3 Å². The second kappa shape index (κ2) is 4.57. The average Bonchev–Trinajstić information content (AvgIpc) is 2.93. The molecule has 0 saturated carbocycles. The normalized spacial score (nSPS) is 19.9. The SMILES string of the molecule is CC1(C)OB(c2cn(-c3cccc(N)n3)cn2)OC1(C)C. The van der Waals surface area contributed by atoms with Gasteiger partial charge in [0.15, 0.2) is 0 Å². The first-order valence-electron chi connectivity index (χ1n) is 6.91. The van der Waals surface area contributed by atoms with Crippen molar-refractivity contribution in [3.63, 3.8) is 0 Å². The molecule has 1 fully saturated rings. The van der Waals surface area contributed by atoms with E-state index in [1.807, 2.05) is 46.0 Å². The molecule has 3 heterocycles. The summed E-state index contributed by atoms with van der Waals surface area (Å²) in [7, 11) is -0.475. The molecule has 1 aliphatic heterocycles. The van der Waals surface area contributed by atoms with E-state index in [4.69, 9.17) is 15.0 Å². The zero-order chi connectivity index (χ0) is 15.3. The molecule has 3 rings (SSSR count). The number of anilines is 1. The maximum atomic E-state index is 5.98. The van der Waals surface area contributed by atoms with Crippen LogP contribution in [0.5, 0.6) is 0 Å². The van der Waals surface area contributed by atoms with E-state index >= 15 is 0 Å². The summed E-state index contributed by atoms with van der Waals surface area (Å²) in [5, 5.41) is 0. The Kier molecular flexibility index (Phi) is 3.07. The summed E-state index contributed by atoms with van der Waals surface area (Å²) < 4.78 is 13.8. The van der Waals surface area contributed by atoms with Gasteiger partial charge in [-0.25, -0.2) is 9.97 Å². The molecule has 0 bridgehead atoms. The molecule has 0 unspecified atom stereocenters. The molecule has 110 valence electrons. The molecule has 0 aliphatic carbocycles. The van der Waals surface area contributed by atoms with E-state index in [1.54, 1.807) is 17.0 Å². The van der Waals surface area contributed by atoms with Crippen molar-refractivity contribution in [3.8, 4) is 5.82 Å². The summed E-state index contributed by atoms with van der Waals surface area (Å²) in [5.74, 6) is 1.18. The second-order valence-corrected chi connectivity index (χ2v) is 6.21. The molecule has 1 saturated heterocycles. The molecule has 0 aromatic carbocycles. The van der Waals surface area contributed by atoms with Crippen molar-refractivity contribution in [3.05, 3.63) is 30.7 Å². The maximum Gasteiger partial charge on any atom is 0.516 e. The molecule has 0 radical (unpaired) electrons. The van der Waals surface area contributed by atoms with Crippen molar-refractivity contribution >= 4 is 18.5 Å². The molecular formula is C14H19BN4O2. The summed E-state index contributed by atoms with van der Waals surface area (Å²) in [6.07, 6.45) is 3.53. The first-order chi connectivity index (χ1) is 9.78. The first kappa shape index (κ1) is 14.1. The molecule has 0 atom stereocenters. The zero-order valence-corrected chi connectivity index (χ0v) is 12.7. The zero-order valence-electron chi connectivity index (χ0n) is 12.7. The Labute approximate surface area is 124 Å². The minimum absolute atomic E-state index is 0.378. The van der Waals surface area contributed by atoms with Crippen molar-refractivity contribution in [1.29, 1.82) is 0 Å². The number of nitrogens with zero attached hydrogens (tertiary/aromatic N) is 3. The molecule has 2 aromatic heterocycles. The lowest BCUT2D eigenvalue weighted by Gasteiger charge is -2.32. The quantitative estimate of drug-likeness (QED) is 0.838. The van der Waals surface area contributed by atoms with Gasteiger partial charge in [0.1, 0.15) is 11.6 Å². The van der Waals surface area contributed by atoms with Crippen molar-refractivity contribution in [2.75, 3.05) is 5.73 Å². The van der Waals surface area contributed by atoms with Gasteiger partial charge in [0.05, 0.1) is 23.1 Å². The van der Waals surface area contributed by atoms with E-state index in [-0.39, 0.29) is 11.2 Å². The Morgan fingerprint density at radius 2 is 1.81 bits per heavy atom.